The van der Waals surface area contributed by atoms with Gasteiger partial charge in [-0.25, -0.2) is 0 Å². The molecule has 0 fully saturated rings. The van der Waals surface area contributed by atoms with Crippen LogP contribution in [0, 0.1) is 0 Å². The third-order valence-corrected chi connectivity index (χ3v) is 2.30. The first-order chi connectivity index (χ1) is 5.84. The molecule has 66 valence electrons. The molecule has 0 amide bonds. The van der Waals surface area contributed by atoms with Crippen molar-refractivity contribution in [1.82, 2.24) is 0 Å². The average Bonchev–Trinajstić information content (AvgIpc) is 2.15. The minimum Gasteiger partial charge on any atom is -0.362 e. The second-order valence-electron chi connectivity index (χ2n) is 2.83. The smallest absolute Gasteiger partial charge is 0.0571 e. The second-order valence-corrected chi connectivity index (χ2v) is 3.52. The quantitative estimate of drug-likeness (QED) is 0.650. The van der Waals surface area contributed by atoms with Crippen LogP contribution in [0.4, 0.5) is 0 Å². The SMILES string of the molecule is CPOCC(C)c1ccccc1. The van der Waals surface area contributed by atoms with Gasteiger partial charge in [0.15, 0.2) is 0 Å². The van der Waals surface area contributed by atoms with Crippen molar-refractivity contribution >= 4 is 8.81 Å². The Bertz CT molecular complexity index is 210. The Morgan fingerprint density at radius 3 is 2.58 bits per heavy atom. The van der Waals surface area contributed by atoms with Gasteiger partial charge in [0.1, 0.15) is 0 Å². The van der Waals surface area contributed by atoms with Crippen molar-refractivity contribution in [3.05, 3.63) is 35.9 Å². The van der Waals surface area contributed by atoms with Crippen molar-refractivity contribution in [2.24, 2.45) is 0 Å². The zero-order valence-electron chi connectivity index (χ0n) is 7.58. The van der Waals surface area contributed by atoms with E-state index in [9.17, 15) is 0 Å². The van der Waals surface area contributed by atoms with Crippen molar-refractivity contribution in [1.29, 1.82) is 0 Å². The Kier molecular flexibility index (Phi) is 4.27. The molecule has 2 atom stereocenters. The van der Waals surface area contributed by atoms with Gasteiger partial charge < -0.3 is 4.52 Å². The van der Waals surface area contributed by atoms with Gasteiger partial charge in [-0.3, -0.25) is 0 Å². The lowest BCUT2D eigenvalue weighted by Crippen LogP contribution is -1.99. The molecule has 0 N–H and O–H groups in total. The van der Waals surface area contributed by atoms with Crippen LogP contribution in [-0.2, 0) is 4.52 Å². The van der Waals surface area contributed by atoms with Crippen LogP contribution >= 0.6 is 8.81 Å². The van der Waals surface area contributed by atoms with Crippen LogP contribution in [0.5, 0.6) is 0 Å². The minimum absolute atomic E-state index is 0.513. The largest absolute Gasteiger partial charge is 0.362 e. The molecule has 0 radical (unpaired) electrons. The Morgan fingerprint density at radius 2 is 2.00 bits per heavy atom. The number of hydrogen-bond donors (Lipinski definition) is 0. The highest BCUT2D eigenvalue weighted by atomic mass is 31.1. The fraction of sp³-hybridized carbons (Fsp3) is 0.400. The van der Waals surface area contributed by atoms with Crippen LogP contribution in [0.15, 0.2) is 30.3 Å². The lowest BCUT2D eigenvalue weighted by molar-refractivity contribution is 0.338. The van der Waals surface area contributed by atoms with E-state index in [-0.39, 0.29) is 0 Å². The monoisotopic (exact) mass is 182 g/mol. The molecule has 0 aliphatic carbocycles. The number of benzene rings is 1. The molecular weight excluding hydrogens is 167 g/mol. The highest BCUT2D eigenvalue weighted by molar-refractivity contribution is 7.31. The normalized spacial score (nSPS) is 13.8. The van der Waals surface area contributed by atoms with Gasteiger partial charge in [0, 0.05) is 14.7 Å². The third-order valence-electron chi connectivity index (χ3n) is 1.85. The Hall–Kier alpha value is -0.390. The van der Waals surface area contributed by atoms with E-state index in [4.69, 9.17) is 4.52 Å². The van der Waals surface area contributed by atoms with E-state index >= 15 is 0 Å². The summed E-state index contributed by atoms with van der Waals surface area (Å²) in [7, 11) is 0.595. The Morgan fingerprint density at radius 1 is 1.33 bits per heavy atom. The van der Waals surface area contributed by atoms with Crippen LogP contribution < -0.4 is 0 Å². The van der Waals surface area contributed by atoms with Gasteiger partial charge >= 0.3 is 0 Å². The summed E-state index contributed by atoms with van der Waals surface area (Å²) in [6.45, 7) is 5.08. The summed E-state index contributed by atoms with van der Waals surface area (Å²) < 4.78 is 5.38. The Labute approximate surface area is 76.0 Å². The van der Waals surface area contributed by atoms with E-state index in [0.717, 1.165) is 6.61 Å². The molecule has 0 bridgehead atoms. The van der Waals surface area contributed by atoms with Crippen LogP contribution in [0.1, 0.15) is 18.4 Å². The van der Waals surface area contributed by atoms with Crippen molar-refractivity contribution in [3.63, 3.8) is 0 Å². The second kappa shape index (κ2) is 5.29. The molecule has 0 spiro atoms. The minimum atomic E-state index is 0.513. The molecule has 0 saturated heterocycles. The molecule has 0 aliphatic rings. The van der Waals surface area contributed by atoms with E-state index in [2.05, 4.69) is 37.9 Å². The van der Waals surface area contributed by atoms with Crippen LogP contribution in [-0.4, -0.2) is 13.3 Å². The van der Waals surface area contributed by atoms with Gasteiger partial charge in [-0.2, -0.15) is 0 Å². The van der Waals surface area contributed by atoms with Gasteiger partial charge in [-0.05, 0) is 12.2 Å². The molecule has 1 aromatic rings. The lowest BCUT2D eigenvalue weighted by Gasteiger charge is -2.10. The fourth-order valence-electron chi connectivity index (χ4n) is 1.09. The first kappa shape index (κ1) is 9.70. The maximum atomic E-state index is 5.38. The molecule has 12 heavy (non-hydrogen) atoms. The molecule has 2 unspecified atom stereocenters. The lowest BCUT2D eigenvalue weighted by atomic mass is 10.0. The van der Waals surface area contributed by atoms with E-state index in [1.54, 1.807) is 0 Å². The maximum absolute atomic E-state index is 5.38. The van der Waals surface area contributed by atoms with Gasteiger partial charge in [-0.15, -0.1) is 0 Å². The van der Waals surface area contributed by atoms with Crippen LogP contribution in [0.3, 0.4) is 0 Å². The summed E-state index contributed by atoms with van der Waals surface area (Å²) in [6, 6.07) is 10.5. The number of rotatable bonds is 4. The summed E-state index contributed by atoms with van der Waals surface area (Å²) >= 11 is 0. The standard InChI is InChI=1S/C10H15OP/c1-9(8-11-12-2)10-6-4-3-5-7-10/h3-7,9,12H,8H2,1-2H3. The predicted octanol–water partition coefficient (Wildman–Crippen LogP) is 3.03. The number of hydrogen-bond acceptors (Lipinski definition) is 1. The van der Waals surface area contributed by atoms with Crippen LogP contribution in [0.2, 0.25) is 0 Å². The Balaban J connectivity index is 2.48. The van der Waals surface area contributed by atoms with Gasteiger partial charge in [0.2, 0.25) is 0 Å². The molecule has 0 saturated carbocycles. The van der Waals surface area contributed by atoms with Crippen molar-refractivity contribution in [3.8, 4) is 0 Å². The molecule has 2 heteroatoms. The molecule has 1 rings (SSSR count). The van der Waals surface area contributed by atoms with Gasteiger partial charge in [0.25, 0.3) is 0 Å². The summed E-state index contributed by atoms with van der Waals surface area (Å²) in [4.78, 5) is 0. The highest BCUT2D eigenvalue weighted by Gasteiger charge is 2.02. The molecule has 1 aromatic carbocycles. The predicted molar refractivity (Wildman–Crippen MR) is 55.0 cm³/mol. The van der Waals surface area contributed by atoms with Crippen molar-refractivity contribution in [2.75, 3.05) is 13.3 Å². The van der Waals surface area contributed by atoms with Gasteiger partial charge in [-0.1, -0.05) is 37.3 Å². The first-order valence-electron chi connectivity index (χ1n) is 4.18. The topological polar surface area (TPSA) is 9.23 Å². The van der Waals surface area contributed by atoms with E-state index in [1.165, 1.54) is 5.56 Å². The molecule has 1 nitrogen and oxygen atoms in total. The first-order valence-corrected chi connectivity index (χ1v) is 5.59. The fourth-order valence-corrected chi connectivity index (χ4v) is 1.50. The van der Waals surface area contributed by atoms with E-state index in [0.29, 0.717) is 14.7 Å². The zero-order valence-corrected chi connectivity index (χ0v) is 8.58. The molecule has 0 heterocycles. The summed E-state index contributed by atoms with van der Waals surface area (Å²) in [5.74, 6) is 0.513. The molecular formula is C10H15OP. The van der Waals surface area contributed by atoms with E-state index < -0.39 is 0 Å². The van der Waals surface area contributed by atoms with Crippen molar-refractivity contribution in [2.45, 2.75) is 12.8 Å². The van der Waals surface area contributed by atoms with Crippen molar-refractivity contribution < 1.29 is 4.52 Å². The average molecular weight is 182 g/mol. The maximum Gasteiger partial charge on any atom is 0.0571 e. The summed E-state index contributed by atoms with van der Waals surface area (Å²) in [5, 5.41) is 0. The molecule has 0 aromatic heterocycles. The summed E-state index contributed by atoms with van der Waals surface area (Å²) in [5.41, 5.74) is 1.36. The van der Waals surface area contributed by atoms with E-state index in [1.807, 2.05) is 6.07 Å². The highest BCUT2D eigenvalue weighted by Crippen LogP contribution is 2.17. The van der Waals surface area contributed by atoms with Crippen LogP contribution in [0.25, 0.3) is 0 Å². The third kappa shape index (κ3) is 2.92. The zero-order chi connectivity index (χ0) is 8.81. The summed E-state index contributed by atoms with van der Waals surface area (Å²) in [6.07, 6.45) is 0. The molecule has 0 aliphatic heterocycles. The van der Waals surface area contributed by atoms with Gasteiger partial charge in [0.05, 0.1) is 6.61 Å².